The number of aromatic nitrogens is 1. The van der Waals surface area contributed by atoms with E-state index in [9.17, 15) is 4.79 Å². The number of carbonyl (C=O) groups excluding carboxylic acids is 1. The predicted octanol–water partition coefficient (Wildman–Crippen LogP) is 2.07. The fraction of sp³-hybridized carbons (Fsp3) is 0.278. The summed E-state index contributed by atoms with van der Waals surface area (Å²) in [5.41, 5.74) is 2.02. The minimum absolute atomic E-state index is 0. The Bertz CT molecular complexity index is 649. The zero-order valence-electron chi connectivity index (χ0n) is 14.2. The average molecular weight is 453 g/mol. The molecule has 1 aromatic heterocycles. The van der Waals surface area contributed by atoms with Crippen LogP contribution in [0, 0.1) is 0 Å². The van der Waals surface area contributed by atoms with Gasteiger partial charge in [-0.15, -0.1) is 24.0 Å². The Morgan fingerprint density at radius 2 is 1.76 bits per heavy atom. The highest BCUT2D eigenvalue weighted by Gasteiger charge is 2.03. The van der Waals surface area contributed by atoms with Crippen LogP contribution in [0.15, 0.2) is 59.7 Å². The normalized spacial score (nSPS) is 10.5. The molecule has 0 aliphatic carbocycles. The Morgan fingerprint density at radius 1 is 1.00 bits per heavy atom. The molecule has 1 heterocycles. The minimum Gasteiger partial charge on any atom is -0.356 e. The molecule has 3 N–H and O–H groups in total. The van der Waals surface area contributed by atoms with Crippen LogP contribution in [0.2, 0.25) is 0 Å². The molecule has 0 aliphatic rings. The van der Waals surface area contributed by atoms with E-state index in [2.05, 4.69) is 25.9 Å². The number of pyridine rings is 1. The van der Waals surface area contributed by atoms with E-state index in [0.29, 0.717) is 32.0 Å². The minimum atomic E-state index is 0. The van der Waals surface area contributed by atoms with Crippen LogP contribution in [-0.4, -0.2) is 30.4 Å². The third-order valence-electron chi connectivity index (χ3n) is 3.36. The number of amides is 1. The van der Waals surface area contributed by atoms with Crippen molar-refractivity contribution in [1.29, 1.82) is 0 Å². The zero-order valence-corrected chi connectivity index (χ0v) is 16.6. The fourth-order valence-electron chi connectivity index (χ4n) is 2.08. The molecule has 1 amide bonds. The van der Waals surface area contributed by atoms with Gasteiger partial charge in [-0.1, -0.05) is 36.4 Å². The number of rotatable bonds is 7. The Morgan fingerprint density at radius 3 is 2.44 bits per heavy atom. The third kappa shape index (κ3) is 8.48. The standard InChI is InChI=1S/C18H23N5O.HI/c1-19-18(23-14-16-9-5-6-11-20-16)21-12-10-17(24)22-13-15-7-3-2-4-8-15;/h2-9,11H,10,12-14H2,1H3,(H,22,24)(H2,19,21,23);1H. The van der Waals surface area contributed by atoms with Crippen molar-refractivity contribution in [3.8, 4) is 0 Å². The molecule has 1 aromatic carbocycles. The Labute approximate surface area is 165 Å². The summed E-state index contributed by atoms with van der Waals surface area (Å²) < 4.78 is 0. The summed E-state index contributed by atoms with van der Waals surface area (Å²) >= 11 is 0. The van der Waals surface area contributed by atoms with Crippen molar-refractivity contribution in [1.82, 2.24) is 20.9 Å². The first kappa shape index (κ1) is 20.9. The van der Waals surface area contributed by atoms with Crippen LogP contribution >= 0.6 is 24.0 Å². The molecule has 0 fully saturated rings. The van der Waals surface area contributed by atoms with Gasteiger partial charge in [0.15, 0.2) is 5.96 Å². The van der Waals surface area contributed by atoms with Crippen molar-refractivity contribution in [2.75, 3.05) is 13.6 Å². The van der Waals surface area contributed by atoms with Crippen molar-refractivity contribution in [3.05, 3.63) is 66.0 Å². The maximum atomic E-state index is 11.8. The van der Waals surface area contributed by atoms with Crippen molar-refractivity contribution in [3.63, 3.8) is 0 Å². The number of halogens is 1. The average Bonchev–Trinajstić information content (AvgIpc) is 2.64. The van der Waals surface area contributed by atoms with Gasteiger partial charge in [-0.2, -0.15) is 0 Å². The molecule has 6 nitrogen and oxygen atoms in total. The van der Waals surface area contributed by atoms with E-state index < -0.39 is 0 Å². The molecule has 0 radical (unpaired) electrons. The maximum Gasteiger partial charge on any atom is 0.222 e. The number of guanidine groups is 1. The van der Waals surface area contributed by atoms with Crippen LogP contribution in [0.5, 0.6) is 0 Å². The summed E-state index contributed by atoms with van der Waals surface area (Å²) in [5.74, 6) is 0.656. The maximum absolute atomic E-state index is 11.8. The molecule has 0 bridgehead atoms. The second-order valence-corrected chi connectivity index (χ2v) is 5.19. The molecular formula is C18H24IN5O. The lowest BCUT2D eigenvalue weighted by Crippen LogP contribution is -2.39. The van der Waals surface area contributed by atoms with Gasteiger partial charge < -0.3 is 16.0 Å². The Hall–Kier alpha value is -2.16. The number of nitrogens with one attached hydrogen (secondary N) is 3. The summed E-state index contributed by atoms with van der Waals surface area (Å²) in [5, 5.41) is 9.18. The quantitative estimate of drug-likeness (QED) is 0.341. The number of nitrogens with zero attached hydrogens (tertiary/aromatic N) is 2. The van der Waals surface area contributed by atoms with E-state index in [1.54, 1.807) is 13.2 Å². The molecule has 0 aliphatic heterocycles. The van der Waals surface area contributed by atoms with Gasteiger partial charge in [0.2, 0.25) is 5.91 Å². The molecule has 25 heavy (non-hydrogen) atoms. The topological polar surface area (TPSA) is 78.4 Å². The van der Waals surface area contributed by atoms with Crippen LogP contribution in [0.1, 0.15) is 17.7 Å². The lowest BCUT2D eigenvalue weighted by molar-refractivity contribution is -0.121. The van der Waals surface area contributed by atoms with Crippen molar-refractivity contribution >= 4 is 35.8 Å². The lowest BCUT2D eigenvalue weighted by atomic mass is 10.2. The van der Waals surface area contributed by atoms with Gasteiger partial charge in [-0.25, -0.2) is 0 Å². The van der Waals surface area contributed by atoms with E-state index in [0.717, 1.165) is 11.3 Å². The number of hydrogen-bond acceptors (Lipinski definition) is 3. The summed E-state index contributed by atoms with van der Waals surface area (Å²) in [6.07, 6.45) is 2.14. The summed E-state index contributed by atoms with van der Waals surface area (Å²) in [6.45, 7) is 1.65. The second kappa shape index (κ2) is 12.2. The first-order chi connectivity index (χ1) is 11.8. The van der Waals surface area contributed by atoms with Crippen LogP contribution in [0.3, 0.4) is 0 Å². The Kier molecular flexibility index (Phi) is 10.2. The number of aliphatic imine (C=N–C) groups is 1. The summed E-state index contributed by atoms with van der Waals surface area (Å²) in [4.78, 5) is 20.2. The largest absolute Gasteiger partial charge is 0.356 e. The van der Waals surface area contributed by atoms with Crippen LogP contribution < -0.4 is 16.0 Å². The molecule has 0 saturated carbocycles. The highest BCUT2D eigenvalue weighted by atomic mass is 127. The van der Waals surface area contributed by atoms with E-state index in [1.807, 2.05) is 48.5 Å². The summed E-state index contributed by atoms with van der Waals surface area (Å²) in [7, 11) is 1.70. The van der Waals surface area contributed by atoms with Gasteiger partial charge in [0.05, 0.1) is 12.2 Å². The van der Waals surface area contributed by atoms with E-state index in [-0.39, 0.29) is 29.9 Å². The van der Waals surface area contributed by atoms with Crippen LogP contribution in [0.4, 0.5) is 0 Å². The van der Waals surface area contributed by atoms with Gasteiger partial charge in [-0.05, 0) is 17.7 Å². The molecule has 7 heteroatoms. The van der Waals surface area contributed by atoms with Crippen molar-refractivity contribution in [2.24, 2.45) is 4.99 Å². The van der Waals surface area contributed by atoms with Crippen molar-refractivity contribution < 1.29 is 4.79 Å². The molecule has 2 aromatic rings. The van der Waals surface area contributed by atoms with Gasteiger partial charge in [0, 0.05) is 32.8 Å². The number of hydrogen-bond donors (Lipinski definition) is 3. The third-order valence-corrected chi connectivity index (χ3v) is 3.36. The molecular weight excluding hydrogens is 429 g/mol. The smallest absolute Gasteiger partial charge is 0.222 e. The SMILES string of the molecule is CN=C(NCCC(=O)NCc1ccccc1)NCc1ccccn1.I. The van der Waals surface area contributed by atoms with Crippen LogP contribution in [0.25, 0.3) is 0 Å². The van der Waals surface area contributed by atoms with E-state index in [1.165, 1.54) is 0 Å². The summed E-state index contributed by atoms with van der Waals surface area (Å²) in [6, 6.07) is 15.6. The molecule has 0 spiro atoms. The molecule has 2 rings (SSSR count). The van der Waals surface area contributed by atoms with Crippen LogP contribution in [-0.2, 0) is 17.9 Å². The van der Waals surface area contributed by atoms with E-state index >= 15 is 0 Å². The number of benzene rings is 1. The van der Waals surface area contributed by atoms with Gasteiger partial charge in [0.1, 0.15) is 0 Å². The molecule has 0 atom stereocenters. The first-order valence-electron chi connectivity index (χ1n) is 7.93. The van der Waals surface area contributed by atoms with Gasteiger partial charge in [-0.3, -0.25) is 14.8 Å². The Balaban J connectivity index is 0.00000312. The first-order valence-corrected chi connectivity index (χ1v) is 7.93. The fourth-order valence-corrected chi connectivity index (χ4v) is 2.08. The second-order valence-electron chi connectivity index (χ2n) is 5.19. The zero-order chi connectivity index (χ0) is 17.0. The number of carbonyl (C=O) groups is 1. The lowest BCUT2D eigenvalue weighted by Gasteiger charge is -2.11. The highest BCUT2D eigenvalue weighted by Crippen LogP contribution is 1.97. The highest BCUT2D eigenvalue weighted by molar-refractivity contribution is 14.0. The molecule has 0 unspecified atom stereocenters. The molecule has 134 valence electrons. The van der Waals surface area contributed by atoms with Gasteiger partial charge in [0.25, 0.3) is 0 Å². The molecule has 0 saturated heterocycles. The van der Waals surface area contributed by atoms with Gasteiger partial charge >= 0.3 is 0 Å². The van der Waals surface area contributed by atoms with Crippen molar-refractivity contribution in [2.45, 2.75) is 19.5 Å². The predicted molar refractivity (Wildman–Crippen MR) is 111 cm³/mol. The monoisotopic (exact) mass is 453 g/mol. The van der Waals surface area contributed by atoms with E-state index in [4.69, 9.17) is 0 Å².